The first-order valence-corrected chi connectivity index (χ1v) is 10.1. The molecule has 0 spiro atoms. The van der Waals surface area contributed by atoms with E-state index in [4.69, 9.17) is 4.74 Å². The van der Waals surface area contributed by atoms with Crippen LogP contribution in [0, 0.1) is 0 Å². The molecule has 0 bridgehead atoms. The Morgan fingerprint density at radius 1 is 0.967 bits per heavy atom. The average molecular weight is 409 g/mol. The van der Waals surface area contributed by atoms with E-state index in [9.17, 15) is 14.4 Å². The number of fused-ring (bicyclic) bond motifs is 1. The van der Waals surface area contributed by atoms with Gasteiger partial charge in [-0.25, -0.2) is 4.79 Å². The Hall–Kier alpha value is -3.19. The smallest absolute Gasteiger partial charge is 0.331 e. The van der Waals surface area contributed by atoms with Gasteiger partial charge in [0.05, 0.1) is 10.9 Å². The highest BCUT2D eigenvalue weighted by Crippen LogP contribution is 2.08. The lowest BCUT2D eigenvalue weighted by Gasteiger charge is -2.14. The van der Waals surface area contributed by atoms with Crippen LogP contribution in [0.25, 0.3) is 10.9 Å². The van der Waals surface area contributed by atoms with Gasteiger partial charge >= 0.3 is 5.69 Å². The molecule has 0 fully saturated rings. The van der Waals surface area contributed by atoms with Crippen molar-refractivity contribution in [2.75, 3.05) is 20.3 Å². The fourth-order valence-corrected chi connectivity index (χ4v) is 3.45. The summed E-state index contributed by atoms with van der Waals surface area (Å²) in [6.07, 6.45) is 2.21. The number of carbonyl (C=O) groups excluding carboxylic acids is 1. The number of aromatic nitrogens is 2. The molecule has 3 aromatic rings. The minimum atomic E-state index is -0.478. The van der Waals surface area contributed by atoms with Crippen LogP contribution in [-0.4, -0.2) is 35.3 Å². The first-order valence-electron chi connectivity index (χ1n) is 10.1. The number of nitrogens with one attached hydrogen (secondary N) is 1. The Morgan fingerprint density at radius 3 is 2.47 bits per heavy atom. The van der Waals surface area contributed by atoms with E-state index < -0.39 is 5.69 Å². The van der Waals surface area contributed by atoms with Gasteiger partial charge in [0.25, 0.3) is 5.56 Å². The molecule has 1 aromatic heterocycles. The van der Waals surface area contributed by atoms with Crippen molar-refractivity contribution in [3.05, 3.63) is 81.0 Å². The van der Waals surface area contributed by atoms with Gasteiger partial charge in [-0.15, -0.1) is 0 Å². The van der Waals surface area contributed by atoms with Crippen LogP contribution in [0.4, 0.5) is 0 Å². The third-order valence-electron chi connectivity index (χ3n) is 4.97. The van der Waals surface area contributed by atoms with Gasteiger partial charge in [-0.05, 0) is 37.0 Å². The van der Waals surface area contributed by atoms with E-state index in [1.54, 1.807) is 31.4 Å². The Labute approximate surface area is 174 Å². The van der Waals surface area contributed by atoms with E-state index in [0.29, 0.717) is 30.5 Å². The van der Waals surface area contributed by atoms with Crippen LogP contribution < -0.4 is 16.6 Å². The zero-order chi connectivity index (χ0) is 21.3. The molecule has 1 N–H and O–H groups in total. The lowest BCUT2D eigenvalue weighted by atomic mass is 10.1. The van der Waals surface area contributed by atoms with Crippen LogP contribution in [0.3, 0.4) is 0 Å². The molecule has 2 aromatic carbocycles. The first kappa shape index (κ1) is 21.5. The van der Waals surface area contributed by atoms with Gasteiger partial charge < -0.3 is 10.1 Å². The van der Waals surface area contributed by atoms with Gasteiger partial charge in [0.15, 0.2) is 0 Å². The predicted molar refractivity (Wildman–Crippen MR) is 117 cm³/mol. The highest BCUT2D eigenvalue weighted by Gasteiger charge is 2.15. The summed E-state index contributed by atoms with van der Waals surface area (Å²) < 4.78 is 7.58. The van der Waals surface area contributed by atoms with Crippen molar-refractivity contribution in [3.63, 3.8) is 0 Å². The average Bonchev–Trinajstić information content (AvgIpc) is 2.77. The molecule has 1 heterocycles. The molecule has 0 unspecified atom stereocenters. The van der Waals surface area contributed by atoms with Gasteiger partial charge in [0.2, 0.25) is 5.91 Å². The van der Waals surface area contributed by atoms with Crippen LogP contribution in [0.2, 0.25) is 0 Å². The maximum Gasteiger partial charge on any atom is 0.331 e. The van der Waals surface area contributed by atoms with Crippen molar-refractivity contribution in [3.8, 4) is 0 Å². The molecule has 7 nitrogen and oxygen atoms in total. The standard InChI is InChI=1S/C23H27N3O4/c1-30-16-8-15-25-22(28)19-12-5-6-13-20(19)26(23(25)29)17-21(27)24-14-7-11-18-9-3-2-4-10-18/h2-6,9-10,12-13H,7-8,11,14-17H2,1H3,(H,24,27). The van der Waals surface area contributed by atoms with E-state index >= 15 is 0 Å². The van der Waals surface area contributed by atoms with Crippen molar-refractivity contribution >= 4 is 16.8 Å². The van der Waals surface area contributed by atoms with Crippen LogP contribution in [0.15, 0.2) is 64.2 Å². The van der Waals surface area contributed by atoms with E-state index in [1.807, 2.05) is 18.2 Å². The largest absolute Gasteiger partial charge is 0.385 e. The van der Waals surface area contributed by atoms with Crippen molar-refractivity contribution in [1.29, 1.82) is 0 Å². The first-order chi connectivity index (χ1) is 14.6. The van der Waals surface area contributed by atoms with Gasteiger partial charge in [-0.3, -0.25) is 18.7 Å². The lowest BCUT2D eigenvalue weighted by molar-refractivity contribution is -0.121. The Balaban J connectivity index is 1.73. The number of hydrogen-bond acceptors (Lipinski definition) is 4. The minimum absolute atomic E-state index is 0.130. The molecule has 158 valence electrons. The number of nitrogens with zero attached hydrogens (tertiary/aromatic N) is 2. The summed E-state index contributed by atoms with van der Waals surface area (Å²) in [7, 11) is 1.57. The number of benzene rings is 2. The van der Waals surface area contributed by atoms with E-state index in [-0.39, 0.29) is 24.6 Å². The van der Waals surface area contributed by atoms with Gasteiger partial charge in [0.1, 0.15) is 6.54 Å². The predicted octanol–water partition coefficient (Wildman–Crippen LogP) is 1.95. The molecule has 0 aliphatic carbocycles. The molecule has 0 aliphatic rings. The Morgan fingerprint density at radius 2 is 1.70 bits per heavy atom. The van der Waals surface area contributed by atoms with E-state index in [1.165, 1.54) is 14.7 Å². The Kier molecular flexibility index (Phi) is 7.57. The molecule has 0 aliphatic heterocycles. The summed E-state index contributed by atoms with van der Waals surface area (Å²) in [6.45, 7) is 1.08. The van der Waals surface area contributed by atoms with Gasteiger partial charge in [-0.1, -0.05) is 42.5 Å². The zero-order valence-electron chi connectivity index (χ0n) is 17.2. The lowest BCUT2D eigenvalue weighted by Crippen LogP contribution is -2.43. The summed E-state index contributed by atoms with van der Waals surface area (Å²) in [5.74, 6) is -0.252. The summed E-state index contributed by atoms with van der Waals surface area (Å²) in [4.78, 5) is 38.2. The highest BCUT2D eigenvalue weighted by molar-refractivity contribution is 5.81. The normalized spacial score (nSPS) is 11.0. The number of rotatable bonds is 10. The second-order valence-electron chi connectivity index (χ2n) is 7.13. The maximum absolute atomic E-state index is 13.0. The number of carbonyl (C=O) groups is 1. The number of ether oxygens (including phenoxy) is 1. The quantitative estimate of drug-likeness (QED) is 0.519. The molecule has 0 radical (unpaired) electrons. The molecule has 7 heteroatoms. The molecule has 0 saturated heterocycles. The summed E-state index contributed by atoms with van der Waals surface area (Å²) >= 11 is 0. The molecule has 1 amide bonds. The topological polar surface area (TPSA) is 82.3 Å². The zero-order valence-corrected chi connectivity index (χ0v) is 17.2. The fraction of sp³-hybridized carbons (Fsp3) is 0.348. The van der Waals surface area contributed by atoms with Crippen LogP contribution >= 0.6 is 0 Å². The van der Waals surface area contributed by atoms with Gasteiger partial charge in [-0.2, -0.15) is 0 Å². The Bertz CT molecular complexity index is 1100. The third-order valence-corrected chi connectivity index (χ3v) is 4.97. The summed E-state index contributed by atoms with van der Waals surface area (Å²) in [6, 6.07) is 17.0. The number of para-hydroxylation sites is 1. The summed E-state index contributed by atoms with van der Waals surface area (Å²) in [5, 5.41) is 3.30. The molecular formula is C23H27N3O4. The van der Waals surface area contributed by atoms with Crippen molar-refractivity contribution in [1.82, 2.24) is 14.5 Å². The number of methoxy groups -OCH3 is 1. The highest BCUT2D eigenvalue weighted by atomic mass is 16.5. The number of aryl methyl sites for hydroxylation is 1. The third kappa shape index (κ3) is 5.24. The number of hydrogen-bond donors (Lipinski definition) is 1. The maximum atomic E-state index is 13.0. The van der Waals surface area contributed by atoms with Crippen LogP contribution in [-0.2, 0) is 29.0 Å². The van der Waals surface area contributed by atoms with Crippen molar-refractivity contribution in [2.45, 2.75) is 32.4 Å². The van der Waals surface area contributed by atoms with Crippen LogP contribution in [0.5, 0.6) is 0 Å². The van der Waals surface area contributed by atoms with Crippen LogP contribution in [0.1, 0.15) is 18.4 Å². The van der Waals surface area contributed by atoms with Crippen molar-refractivity contribution < 1.29 is 9.53 Å². The van der Waals surface area contributed by atoms with Gasteiger partial charge in [0, 0.05) is 26.8 Å². The second-order valence-corrected chi connectivity index (χ2v) is 7.13. The minimum Gasteiger partial charge on any atom is -0.385 e. The van der Waals surface area contributed by atoms with E-state index in [2.05, 4.69) is 17.4 Å². The number of amides is 1. The van der Waals surface area contributed by atoms with E-state index in [0.717, 1.165) is 12.8 Å². The second kappa shape index (κ2) is 10.5. The monoisotopic (exact) mass is 409 g/mol. The molecular weight excluding hydrogens is 382 g/mol. The molecule has 0 saturated carbocycles. The van der Waals surface area contributed by atoms with Crippen molar-refractivity contribution in [2.24, 2.45) is 0 Å². The SMILES string of the molecule is COCCCn1c(=O)c2ccccc2n(CC(=O)NCCCc2ccccc2)c1=O. The molecule has 0 atom stereocenters. The summed E-state index contributed by atoms with van der Waals surface area (Å²) in [5.41, 5.74) is 0.868. The fourth-order valence-electron chi connectivity index (χ4n) is 3.45. The molecule has 30 heavy (non-hydrogen) atoms. The molecule has 3 rings (SSSR count).